The first-order valence-electron chi connectivity index (χ1n) is 8.68. The first kappa shape index (κ1) is 14.6. The van der Waals surface area contributed by atoms with E-state index >= 15 is 0 Å². The van der Waals surface area contributed by atoms with E-state index in [9.17, 15) is 4.39 Å². The van der Waals surface area contributed by atoms with E-state index in [0.717, 1.165) is 36.7 Å². The van der Waals surface area contributed by atoms with Crippen molar-refractivity contribution in [3.63, 3.8) is 0 Å². The third kappa shape index (κ3) is 2.24. The number of rotatable bonds is 2. The molecule has 0 saturated carbocycles. The monoisotopic (exact) mass is 337 g/mol. The lowest BCUT2D eigenvalue weighted by Crippen LogP contribution is -2.51. The summed E-state index contributed by atoms with van der Waals surface area (Å²) in [6.07, 6.45) is 12.4. The Kier molecular flexibility index (Phi) is 3.13. The summed E-state index contributed by atoms with van der Waals surface area (Å²) in [4.78, 5) is 11.3. The topological polar surface area (TPSA) is 27.5 Å². The largest absolute Gasteiger partial charge is 0.336 e. The highest BCUT2D eigenvalue weighted by Crippen LogP contribution is 2.38. The number of nitrogens with zero attached hydrogens (tertiary/aromatic N) is 5. The molecule has 1 saturated heterocycles. The first-order valence-corrected chi connectivity index (χ1v) is 8.68. The molecule has 0 bridgehead atoms. The van der Waals surface area contributed by atoms with Gasteiger partial charge in [-0.15, -0.1) is 0 Å². The lowest BCUT2D eigenvalue weighted by molar-refractivity contribution is 0.110. The maximum absolute atomic E-state index is 13.9. The maximum atomic E-state index is 13.9. The molecule has 1 aromatic carbocycles. The van der Waals surface area contributed by atoms with Crippen LogP contribution in [-0.4, -0.2) is 32.2 Å². The number of halogens is 1. The summed E-state index contributed by atoms with van der Waals surface area (Å²) in [6.45, 7) is 3.80. The Bertz CT molecular complexity index is 884. The highest BCUT2D eigenvalue weighted by Gasteiger charge is 2.39. The second-order valence-corrected chi connectivity index (χ2v) is 6.83. The number of hydrogen-bond donors (Lipinski definition) is 0. The van der Waals surface area contributed by atoms with Gasteiger partial charge in [0.1, 0.15) is 11.6 Å². The van der Waals surface area contributed by atoms with Crippen molar-refractivity contribution in [2.45, 2.75) is 32.7 Å². The van der Waals surface area contributed by atoms with Crippen LogP contribution >= 0.6 is 0 Å². The van der Waals surface area contributed by atoms with Gasteiger partial charge >= 0.3 is 0 Å². The van der Waals surface area contributed by atoms with Gasteiger partial charge in [0.25, 0.3) is 0 Å². The molecule has 1 fully saturated rings. The average molecular weight is 337 g/mol. The minimum absolute atomic E-state index is 0.0322. The van der Waals surface area contributed by atoms with Crippen LogP contribution in [0.2, 0.25) is 0 Å². The molecule has 1 atom stereocenters. The van der Waals surface area contributed by atoms with Crippen LogP contribution in [-0.2, 0) is 6.67 Å². The fourth-order valence-electron chi connectivity index (χ4n) is 4.03. The Morgan fingerprint density at radius 2 is 2.20 bits per heavy atom. The van der Waals surface area contributed by atoms with Crippen LogP contribution in [0, 0.1) is 12.7 Å². The van der Waals surface area contributed by atoms with Crippen LogP contribution in [0.25, 0.3) is 6.08 Å². The zero-order chi connectivity index (χ0) is 17.0. The van der Waals surface area contributed by atoms with Gasteiger partial charge in [-0.2, -0.15) is 0 Å². The average Bonchev–Trinajstić information content (AvgIpc) is 3.30. The van der Waals surface area contributed by atoms with Gasteiger partial charge < -0.3 is 19.3 Å². The Morgan fingerprint density at radius 1 is 1.28 bits per heavy atom. The van der Waals surface area contributed by atoms with Crippen molar-refractivity contribution >= 4 is 11.8 Å². The molecule has 5 rings (SSSR count). The predicted octanol–water partition coefficient (Wildman–Crippen LogP) is 3.32. The summed E-state index contributed by atoms with van der Waals surface area (Å²) < 4.78 is 16.0. The van der Waals surface area contributed by atoms with Crippen molar-refractivity contribution in [2.75, 3.05) is 11.4 Å². The fraction of sp³-hybridized carbons (Fsp3) is 0.316. The molecular formula is C19H20FN5. The molecule has 1 aromatic heterocycles. The van der Waals surface area contributed by atoms with E-state index in [1.54, 1.807) is 6.07 Å². The third-order valence-electron chi connectivity index (χ3n) is 5.24. The van der Waals surface area contributed by atoms with Gasteiger partial charge in [0.15, 0.2) is 6.29 Å². The first-order chi connectivity index (χ1) is 12.2. The smallest absolute Gasteiger partial charge is 0.186 e. The Hall–Kier alpha value is -2.76. The minimum Gasteiger partial charge on any atom is -0.336 e. The highest BCUT2D eigenvalue weighted by atomic mass is 19.1. The molecule has 0 spiro atoms. The van der Waals surface area contributed by atoms with E-state index < -0.39 is 0 Å². The predicted molar refractivity (Wildman–Crippen MR) is 94.5 cm³/mol. The fourth-order valence-corrected chi connectivity index (χ4v) is 4.03. The molecule has 3 aliphatic heterocycles. The lowest BCUT2D eigenvalue weighted by Gasteiger charge is -2.41. The van der Waals surface area contributed by atoms with E-state index in [0.29, 0.717) is 0 Å². The minimum atomic E-state index is -0.198. The number of anilines is 1. The van der Waals surface area contributed by atoms with Crippen LogP contribution < -0.4 is 4.90 Å². The van der Waals surface area contributed by atoms with Gasteiger partial charge in [-0.25, -0.2) is 9.37 Å². The van der Waals surface area contributed by atoms with Gasteiger partial charge in [0, 0.05) is 37.0 Å². The lowest BCUT2D eigenvalue weighted by atomic mass is 10.2. The molecule has 0 amide bonds. The molecule has 3 aliphatic rings. The van der Waals surface area contributed by atoms with Gasteiger partial charge in [0.05, 0.1) is 12.4 Å². The van der Waals surface area contributed by atoms with E-state index in [1.165, 1.54) is 18.2 Å². The number of fused-ring (bicyclic) bond motifs is 2. The molecule has 5 nitrogen and oxygen atoms in total. The number of imidazole rings is 1. The van der Waals surface area contributed by atoms with Crippen LogP contribution in [0.3, 0.4) is 0 Å². The number of aryl methyl sites for hydroxylation is 1. The molecule has 0 N–H and O–H groups in total. The second kappa shape index (κ2) is 5.37. The van der Waals surface area contributed by atoms with Crippen molar-refractivity contribution in [1.29, 1.82) is 0 Å². The summed E-state index contributed by atoms with van der Waals surface area (Å²) in [5, 5.41) is 0. The Labute approximate surface area is 146 Å². The molecule has 6 heteroatoms. The molecule has 0 aliphatic carbocycles. The van der Waals surface area contributed by atoms with Crippen molar-refractivity contribution in [1.82, 2.24) is 19.4 Å². The normalized spacial score (nSPS) is 21.6. The molecule has 2 aromatic rings. The van der Waals surface area contributed by atoms with Crippen LogP contribution in [0.5, 0.6) is 0 Å². The number of allylic oxidation sites excluding steroid dienone is 1. The molecule has 25 heavy (non-hydrogen) atoms. The van der Waals surface area contributed by atoms with Gasteiger partial charge in [0.2, 0.25) is 0 Å². The van der Waals surface area contributed by atoms with Crippen molar-refractivity contribution in [3.8, 4) is 0 Å². The quantitative estimate of drug-likeness (QED) is 0.840. The summed E-state index contributed by atoms with van der Waals surface area (Å²) in [5.41, 5.74) is 3.34. The number of hydrogen-bond acceptors (Lipinski definition) is 4. The molecule has 128 valence electrons. The standard InChI is InChI=1S/C19H20FN5/c1-14-4-5-15(20)11-17(14)25-12-16-3-2-8-24(16)19(25)23-9-6-18-21-7-10-22(18)13-23/h4-7,9-12,19H,2-3,8,13H2,1H3. The van der Waals surface area contributed by atoms with Crippen molar-refractivity contribution in [3.05, 3.63) is 65.9 Å². The van der Waals surface area contributed by atoms with E-state index in [-0.39, 0.29) is 12.1 Å². The molecular weight excluding hydrogens is 317 g/mol. The van der Waals surface area contributed by atoms with E-state index in [4.69, 9.17) is 0 Å². The number of benzene rings is 1. The van der Waals surface area contributed by atoms with Crippen molar-refractivity contribution < 1.29 is 4.39 Å². The molecule has 4 heterocycles. The zero-order valence-electron chi connectivity index (χ0n) is 14.1. The van der Waals surface area contributed by atoms with Crippen LogP contribution in [0.4, 0.5) is 10.1 Å². The number of aromatic nitrogens is 2. The second-order valence-electron chi connectivity index (χ2n) is 6.83. The van der Waals surface area contributed by atoms with Gasteiger partial charge in [-0.1, -0.05) is 6.07 Å². The van der Waals surface area contributed by atoms with E-state index in [1.807, 2.05) is 31.5 Å². The Balaban J connectivity index is 1.55. The van der Waals surface area contributed by atoms with E-state index in [2.05, 4.69) is 36.7 Å². The highest BCUT2D eigenvalue weighted by molar-refractivity contribution is 5.58. The Morgan fingerprint density at radius 3 is 3.12 bits per heavy atom. The van der Waals surface area contributed by atoms with Crippen LogP contribution in [0.1, 0.15) is 24.2 Å². The molecule has 1 unspecified atom stereocenters. The zero-order valence-corrected chi connectivity index (χ0v) is 14.1. The van der Waals surface area contributed by atoms with Crippen molar-refractivity contribution in [2.24, 2.45) is 0 Å². The molecule has 0 radical (unpaired) electrons. The summed E-state index contributed by atoms with van der Waals surface area (Å²) in [6, 6.07) is 5.01. The van der Waals surface area contributed by atoms with Crippen LogP contribution in [0.15, 0.2) is 48.7 Å². The van der Waals surface area contributed by atoms with Gasteiger partial charge in [-0.3, -0.25) is 0 Å². The van der Waals surface area contributed by atoms with Gasteiger partial charge in [-0.05, 0) is 43.5 Å². The summed E-state index contributed by atoms with van der Waals surface area (Å²) >= 11 is 0. The maximum Gasteiger partial charge on any atom is 0.186 e. The summed E-state index contributed by atoms with van der Waals surface area (Å²) in [7, 11) is 0. The third-order valence-corrected chi connectivity index (χ3v) is 5.24. The SMILES string of the molecule is Cc1ccc(F)cc1N1C=C2CCCN2C1N1C=Cc2nccn2C1. The summed E-state index contributed by atoms with van der Waals surface area (Å²) in [5.74, 6) is 0.772.